The zero-order valence-corrected chi connectivity index (χ0v) is 21.8. The molecule has 0 radical (unpaired) electrons. The summed E-state index contributed by atoms with van der Waals surface area (Å²) in [6.45, 7) is 16.9. The lowest BCUT2D eigenvalue weighted by Gasteiger charge is -2.19. The topological polar surface area (TPSA) is 115 Å². The van der Waals surface area contributed by atoms with Crippen LogP contribution in [-0.4, -0.2) is 45.9 Å². The van der Waals surface area contributed by atoms with Gasteiger partial charge in [-0.05, 0) is 40.2 Å². The third kappa shape index (κ3) is 7.91. The molecule has 0 amide bonds. The van der Waals surface area contributed by atoms with Gasteiger partial charge >= 0.3 is 17.9 Å². The maximum Gasteiger partial charge on any atom is 0.355 e. The molecule has 0 saturated carbocycles. The molecule has 0 aliphatic heterocycles. The second-order valence-corrected chi connectivity index (χ2v) is 8.60. The van der Waals surface area contributed by atoms with Crippen LogP contribution in [0.25, 0.3) is 12.2 Å². The van der Waals surface area contributed by atoms with Gasteiger partial charge in [-0.25, -0.2) is 9.59 Å². The smallest absolute Gasteiger partial charge is 0.355 e. The van der Waals surface area contributed by atoms with E-state index >= 15 is 0 Å². The fourth-order valence-corrected chi connectivity index (χ4v) is 3.40. The molecule has 0 fully saturated rings. The van der Waals surface area contributed by atoms with E-state index in [1.165, 1.54) is 0 Å². The van der Waals surface area contributed by atoms with Gasteiger partial charge in [0.25, 0.3) is 0 Å². The molecule has 0 aliphatic rings. The van der Waals surface area contributed by atoms with Gasteiger partial charge < -0.3 is 29.1 Å². The number of hydrogen-bond donors (Lipinski definition) is 1. The number of carbonyl (C=O) groups excluding carboxylic acids is 3. The number of rotatable bonds is 8. The van der Waals surface area contributed by atoms with Crippen LogP contribution in [0.5, 0.6) is 0 Å². The van der Waals surface area contributed by atoms with Crippen molar-refractivity contribution in [2.24, 2.45) is 14.1 Å². The van der Waals surface area contributed by atoms with Gasteiger partial charge in [0.1, 0.15) is 17.0 Å². The second-order valence-electron chi connectivity index (χ2n) is 8.60. The van der Waals surface area contributed by atoms with Crippen molar-refractivity contribution in [2.45, 2.75) is 46.6 Å². The van der Waals surface area contributed by atoms with Crippen molar-refractivity contribution in [3.05, 3.63) is 53.6 Å². The van der Waals surface area contributed by atoms with Gasteiger partial charge in [0, 0.05) is 37.6 Å². The molecule has 0 saturated heterocycles. The number of esters is 3. The molecule has 9 nitrogen and oxygen atoms in total. The molecule has 2 N–H and O–H groups in total. The summed E-state index contributed by atoms with van der Waals surface area (Å²) in [7, 11) is 3.48. The molecule has 0 atom stereocenters. The molecule has 0 aliphatic carbocycles. The van der Waals surface area contributed by atoms with E-state index in [4.69, 9.17) is 19.9 Å². The lowest BCUT2D eigenvalue weighted by Crippen LogP contribution is -2.25. The van der Waals surface area contributed by atoms with Crippen LogP contribution in [0.4, 0.5) is 5.69 Å². The fourth-order valence-electron chi connectivity index (χ4n) is 3.40. The molecule has 2 aromatic rings. The van der Waals surface area contributed by atoms with Crippen LogP contribution >= 0.6 is 0 Å². The first kappa shape index (κ1) is 29.3. The number of nitrogen functional groups attached to an aromatic ring is 1. The van der Waals surface area contributed by atoms with Crippen molar-refractivity contribution < 1.29 is 28.6 Å². The summed E-state index contributed by atoms with van der Waals surface area (Å²) < 4.78 is 18.5. The predicted octanol–water partition coefficient (Wildman–Crippen LogP) is 4.16. The largest absolute Gasteiger partial charge is 0.461 e. The highest BCUT2D eigenvalue weighted by Crippen LogP contribution is 2.22. The summed E-state index contributed by atoms with van der Waals surface area (Å²) in [5, 5.41) is 0. The molecule has 192 valence electrons. The van der Waals surface area contributed by atoms with E-state index in [2.05, 4.69) is 13.2 Å². The quantitative estimate of drug-likeness (QED) is 0.439. The average molecular weight is 488 g/mol. The molecule has 35 heavy (non-hydrogen) atoms. The van der Waals surface area contributed by atoms with E-state index in [1.54, 1.807) is 61.6 Å². The maximum atomic E-state index is 12.0. The Labute approximate surface area is 207 Å². The Morgan fingerprint density at radius 2 is 1.37 bits per heavy atom. The Bertz CT molecular complexity index is 1090. The molecule has 2 heterocycles. The number of carbonyl (C=O) groups is 3. The molecule has 0 spiro atoms. The zero-order valence-electron chi connectivity index (χ0n) is 21.8. The highest BCUT2D eigenvalue weighted by molar-refractivity contribution is 5.95. The predicted molar refractivity (Wildman–Crippen MR) is 137 cm³/mol. The van der Waals surface area contributed by atoms with Gasteiger partial charge in [-0.2, -0.15) is 0 Å². The number of aromatic nitrogens is 2. The number of hydrogen-bond acceptors (Lipinski definition) is 7. The van der Waals surface area contributed by atoms with Crippen LogP contribution in [0.2, 0.25) is 0 Å². The van der Waals surface area contributed by atoms with Crippen LogP contribution in [0, 0.1) is 0 Å². The third-order valence-electron chi connectivity index (χ3n) is 4.66. The van der Waals surface area contributed by atoms with Crippen molar-refractivity contribution >= 4 is 35.7 Å². The highest BCUT2D eigenvalue weighted by Gasteiger charge is 2.23. The van der Waals surface area contributed by atoms with Gasteiger partial charge in [0.15, 0.2) is 0 Å². The van der Waals surface area contributed by atoms with Crippen LogP contribution in [-0.2, 0) is 39.5 Å². The van der Waals surface area contributed by atoms with Gasteiger partial charge in [-0.1, -0.05) is 25.3 Å². The van der Waals surface area contributed by atoms with Crippen LogP contribution in [0.1, 0.15) is 72.3 Å². The van der Waals surface area contributed by atoms with E-state index in [1.807, 2.05) is 20.8 Å². The Morgan fingerprint density at radius 1 is 0.914 bits per heavy atom. The summed E-state index contributed by atoms with van der Waals surface area (Å²) >= 11 is 0. The molecule has 0 bridgehead atoms. The van der Waals surface area contributed by atoms with Crippen LogP contribution < -0.4 is 5.73 Å². The van der Waals surface area contributed by atoms with E-state index in [0.29, 0.717) is 47.0 Å². The number of ether oxygens (including phenoxy) is 3. The summed E-state index contributed by atoms with van der Waals surface area (Å²) in [5.41, 5.74) is 8.46. The minimum absolute atomic E-state index is 0.0892. The first-order chi connectivity index (χ1) is 16.3. The van der Waals surface area contributed by atoms with Crippen molar-refractivity contribution in [1.82, 2.24) is 9.13 Å². The highest BCUT2D eigenvalue weighted by atomic mass is 16.6. The minimum atomic E-state index is -0.538. The van der Waals surface area contributed by atoms with Crippen molar-refractivity contribution in [3.8, 4) is 0 Å². The molecule has 0 unspecified atom stereocenters. The monoisotopic (exact) mass is 487 g/mol. The van der Waals surface area contributed by atoms with Gasteiger partial charge in [0.05, 0.1) is 25.3 Å². The van der Waals surface area contributed by atoms with E-state index < -0.39 is 11.6 Å². The Balaban J connectivity index is 0.000000379. The average Bonchev–Trinajstić information content (AvgIpc) is 3.21. The maximum absolute atomic E-state index is 12.0. The molecular weight excluding hydrogens is 450 g/mol. The molecule has 2 rings (SSSR count). The summed E-state index contributed by atoms with van der Waals surface area (Å²) in [5.74, 6) is -1.14. The summed E-state index contributed by atoms with van der Waals surface area (Å²) in [6, 6.07) is 0. The molecular formula is C26H37N3O6. The van der Waals surface area contributed by atoms with E-state index in [-0.39, 0.29) is 18.4 Å². The fraction of sp³-hybridized carbons (Fsp3) is 0.423. The van der Waals surface area contributed by atoms with Crippen LogP contribution in [0.3, 0.4) is 0 Å². The van der Waals surface area contributed by atoms with E-state index in [0.717, 1.165) is 0 Å². The Hall–Kier alpha value is -3.75. The number of anilines is 1. The first-order valence-corrected chi connectivity index (χ1v) is 11.2. The summed E-state index contributed by atoms with van der Waals surface area (Å²) in [4.78, 5) is 35.4. The normalized spacial score (nSPS) is 10.6. The second kappa shape index (κ2) is 12.6. The van der Waals surface area contributed by atoms with Crippen molar-refractivity contribution in [3.63, 3.8) is 0 Å². The first-order valence-electron chi connectivity index (χ1n) is 11.2. The van der Waals surface area contributed by atoms with Crippen molar-refractivity contribution in [1.29, 1.82) is 0 Å². The van der Waals surface area contributed by atoms with E-state index in [9.17, 15) is 14.4 Å². The van der Waals surface area contributed by atoms with Gasteiger partial charge in [0.2, 0.25) is 0 Å². The number of nitrogens with zero attached hydrogens (tertiary/aromatic N) is 2. The summed E-state index contributed by atoms with van der Waals surface area (Å²) in [6.07, 6.45) is 6.61. The molecule has 2 aromatic heterocycles. The van der Waals surface area contributed by atoms with Crippen LogP contribution in [0.15, 0.2) is 25.6 Å². The standard InChI is InChI=1S/C16H23NO4.C10H14N2O2/c1-7-12-11(9-13(18)21-16(3,4)5)10-17(6)14(12)15(19)20-8-2;1-4-7-8(11)6-12(3)9(7)10(13)14-5-2/h7,10H,1,8-9H2,2-6H3;4,6H,1,5,11H2,2-3H3. The van der Waals surface area contributed by atoms with Crippen molar-refractivity contribution in [2.75, 3.05) is 18.9 Å². The number of nitrogens with two attached hydrogens (primary N) is 1. The lowest BCUT2D eigenvalue weighted by atomic mass is 10.1. The molecule has 9 heteroatoms. The minimum Gasteiger partial charge on any atom is -0.461 e. The number of aryl methyl sites for hydroxylation is 2. The SMILES string of the molecule is C=Cc1c(CC(=O)OC(C)(C)C)cn(C)c1C(=O)OCC.C=Cc1c(N)cn(C)c1C(=O)OCC. The third-order valence-corrected chi connectivity index (χ3v) is 4.66. The molecule has 0 aromatic carbocycles. The lowest BCUT2D eigenvalue weighted by molar-refractivity contribution is -0.153. The van der Waals surface area contributed by atoms with Gasteiger partial charge in [-0.15, -0.1) is 0 Å². The Kier molecular flexibility index (Phi) is 10.6. The van der Waals surface area contributed by atoms with Gasteiger partial charge in [-0.3, -0.25) is 4.79 Å². The zero-order chi connectivity index (χ0) is 26.9. The Morgan fingerprint density at radius 3 is 1.80 bits per heavy atom.